The molecule has 0 aromatic rings. The molecule has 1 rings (SSSR count). The van der Waals surface area contributed by atoms with Crippen molar-refractivity contribution in [1.29, 1.82) is 0 Å². The van der Waals surface area contributed by atoms with Crippen LogP contribution < -0.4 is 0 Å². The average molecular weight is 245 g/mol. The van der Waals surface area contributed by atoms with Gasteiger partial charge in [0.05, 0.1) is 11.9 Å². The molecule has 0 aromatic carbocycles. The van der Waals surface area contributed by atoms with Crippen LogP contribution in [0.4, 0.5) is 0 Å². The SMILES string of the molecule is CC(C)C(S)C(=O)N(C)CC1CCCOC1. The fraction of sp³-hybridized carbons (Fsp3) is 0.917. The molecule has 1 amide bonds. The average Bonchev–Trinajstić information content (AvgIpc) is 2.28. The molecule has 1 heterocycles. The van der Waals surface area contributed by atoms with Gasteiger partial charge < -0.3 is 9.64 Å². The van der Waals surface area contributed by atoms with Gasteiger partial charge in [0.2, 0.25) is 5.91 Å². The number of hydrogen-bond donors (Lipinski definition) is 1. The number of rotatable bonds is 4. The maximum absolute atomic E-state index is 12.0. The van der Waals surface area contributed by atoms with Gasteiger partial charge in [-0.3, -0.25) is 4.79 Å². The molecule has 0 aliphatic carbocycles. The number of amides is 1. The molecule has 0 radical (unpaired) electrons. The van der Waals surface area contributed by atoms with Gasteiger partial charge in [0.1, 0.15) is 0 Å². The monoisotopic (exact) mass is 245 g/mol. The highest BCUT2D eigenvalue weighted by Gasteiger charge is 2.24. The smallest absolute Gasteiger partial charge is 0.235 e. The summed E-state index contributed by atoms with van der Waals surface area (Å²) in [4.78, 5) is 13.8. The lowest BCUT2D eigenvalue weighted by atomic mass is 10.0. The van der Waals surface area contributed by atoms with Crippen molar-refractivity contribution >= 4 is 18.5 Å². The number of nitrogens with zero attached hydrogens (tertiary/aromatic N) is 1. The summed E-state index contributed by atoms with van der Waals surface area (Å²) in [6.07, 6.45) is 2.28. The van der Waals surface area contributed by atoms with Crippen LogP contribution in [0.3, 0.4) is 0 Å². The van der Waals surface area contributed by atoms with Crippen LogP contribution in [0.2, 0.25) is 0 Å². The summed E-state index contributed by atoms with van der Waals surface area (Å²) in [6, 6.07) is 0. The molecule has 0 aromatic heterocycles. The first-order valence-electron chi connectivity index (χ1n) is 6.03. The molecule has 2 atom stereocenters. The van der Waals surface area contributed by atoms with E-state index in [1.807, 2.05) is 20.9 Å². The lowest BCUT2D eigenvalue weighted by molar-refractivity contribution is -0.131. The summed E-state index contributed by atoms with van der Waals surface area (Å²) < 4.78 is 5.41. The fourth-order valence-electron chi connectivity index (χ4n) is 1.94. The van der Waals surface area contributed by atoms with Crippen LogP contribution >= 0.6 is 12.6 Å². The zero-order chi connectivity index (χ0) is 12.1. The van der Waals surface area contributed by atoms with Gasteiger partial charge >= 0.3 is 0 Å². The van der Waals surface area contributed by atoms with E-state index in [9.17, 15) is 4.79 Å². The second kappa shape index (κ2) is 6.50. The van der Waals surface area contributed by atoms with E-state index in [0.29, 0.717) is 5.92 Å². The zero-order valence-corrected chi connectivity index (χ0v) is 11.4. The molecule has 2 unspecified atom stereocenters. The van der Waals surface area contributed by atoms with E-state index >= 15 is 0 Å². The summed E-state index contributed by atoms with van der Waals surface area (Å²) >= 11 is 4.35. The minimum Gasteiger partial charge on any atom is -0.381 e. The topological polar surface area (TPSA) is 29.5 Å². The molecule has 1 fully saturated rings. The van der Waals surface area contributed by atoms with Crippen LogP contribution in [0.25, 0.3) is 0 Å². The Balaban J connectivity index is 2.38. The standard InChI is InChI=1S/C12H23NO2S/c1-9(2)11(16)12(14)13(3)7-10-5-4-6-15-8-10/h9-11,16H,4-8H2,1-3H3. The van der Waals surface area contributed by atoms with Crippen LogP contribution in [-0.2, 0) is 9.53 Å². The predicted molar refractivity (Wildman–Crippen MR) is 68.8 cm³/mol. The normalized spacial score (nSPS) is 23.2. The quantitative estimate of drug-likeness (QED) is 0.766. The zero-order valence-electron chi connectivity index (χ0n) is 10.5. The largest absolute Gasteiger partial charge is 0.381 e. The van der Waals surface area contributed by atoms with Crippen LogP contribution in [-0.4, -0.2) is 42.9 Å². The molecule has 0 saturated carbocycles. The Kier molecular flexibility index (Phi) is 5.62. The first-order chi connectivity index (χ1) is 7.52. The van der Waals surface area contributed by atoms with Crippen molar-refractivity contribution < 1.29 is 9.53 Å². The van der Waals surface area contributed by atoms with E-state index in [2.05, 4.69) is 12.6 Å². The van der Waals surface area contributed by atoms with Crippen molar-refractivity contribution in [3.8, 4) is 0 Å². The third-order valence-electron chi connectivity index (χ3n) is 3.05. The molecule has 3 nitrogen and oxygen atoms in total. The molecule has 1 aliphatic heterocycles. The molecule has 1 saturated heterocycles. The van der Waals surface area contributed by atoms with E-state index < -0.39 is 0 Å². The molecule has 0 spiro atoms. The lowest BCUT2D eigenvalue weighted by Crippen LogP contribution is -2.40. The van der Waals surface area contributed by atoms with Crippen LogP contribution in [0, 0.1) is 11.8 Å². The van der Waals surface area contributed by atoms with Crippen molar-refractivity contribution in [3.05, 3.63) is 0 Å². The lowest BCUT2D eigenvalue weighted by Gasteiger charge is -2.29. The number of thiol groups is 1. The van der Waals surface area contributed by atoms with Crippen molar-refractivity contribution in [1.82, 2.24) is 4.90 Å². The Morgan fingerprint density at radius 3 is 2.75 bits per heavy atom. The third-order valence-corrected chi connectivity index (χ3v) is 3.86. The second-order valence-corrected chi connectivity index (χ2v) is 5.55. The van der Waals surface area contributed by atoms with Gasteiger partial charge in [0.15, 0.2) is 0 Å². The van der Waals surface area contributed by atoms with Gasteiger partial charge in [-0.05, 0) is 24.7 Å². The van der Waals surface area contributed by atoms with E-state index in [0.717, 1.165) is 32.6 Å². The number of carbonyl (C=O) groups is 1. The van der Waals surface area contributed by atoms with Crippen molar-refractivity contribution in [3.63, 3.8) is 0 Å². The van der Waals surface area contributed by atoms with Gasteiger partial charge in [-0.2, -0.15) is 12.6 Å². The molecule has 1 aliphatic rings. The fourth-order valence-corrected chi connectivity index (χ4v) is 2.14. The summed E-state index contributed by atoms with van der Waals surface area (Å²) in [5, 5.41) is -0.186. The van der Waals surface area contributed by atoms with Crippen LogP contribution in [0.5, 0.6) is 0 Å². The van der Waals surface area contributed by atoms with Crippen LogP contribution in [0.15, 0.2) is 0 Å². The number of carbonyl (C=O) groups excluding carboxylic acids is 1. The highest BCUT2D eigenvalue weighted by molar-refractivity contribution is 7.81. The van der Waals surface area contributed by atoms with Gasteiger partial charge in [0, 0.05) is 20.2 Å². The molecule has 0 bridgehead atoms. The molecule has 16 heavy (non-hydrogen) atoms. The maximum Gasteiger partial charge on any atom is 0.235 e. The highest BCUT2D eigenvalue weighted by atomic mass is 32.1. The Morgan fingerprint density at radius 1 is 1.56 bits per heavy atom. The minimum absolute atomic E-state index is 0.129. The van der Waals surface area contributed by atoms with Gasteiger partial charge in [0.25, 0.3) is 0 Å². The van der Waals surface area contributed by atoms with E-state index in [4.69, 9.17) is 4.74 Å². The summed E-state index contributed by atoms with van der Waals surface area (Å²) in [7, 11) is 1.86. The van der Waals surface area contributed by atoms with E-state index in [1.54, 1.807) is 4.90 Å². The molecular formula is C12H23NO2S. The van der Waals surface area contributed by atoms with Crippen molar-refractivity contribution in [2.75, 3.05) is 26.8 Å². The Bertz CT molecular complexity index is 227. The van der Waals surface area contributed by atoms with E-state index in [1.165, 1.54) is 0 Å². The second-order valence-electron chi connectivity index (χ2n) is 4.99. The van der Waals surface area contributed by atoms with Gasteiger partial charge in [-0.25, -0.2) is 0 Å². The molecule has 94 valence electrons. The van der Waals surface area contributed by atoms with Gasteiger partial charge in [-0.15, -0.1) is 0 Å². The summed E-state index contributed by atoms with van der Waals surface area (Å²) in [5.41, 5.74) is 0. The number of ether oxygens (including phenoxy) is 1. The summed E-state index contributed by atoms with van der Waals surface area (Å²) in [6.45, 7) is 6.49. The minimum atomic E-state index is -0.186. The third kappa shape index (κ3) is 3.98. The van der Waals surface area contributed by atoms with Crippen molar-refractivity contribution in [2.45, 2.75) is 31.9 Å². The number of hydrogen-bond acceptors (Lipinski definition) is 3. The predicted octanol–water partition coefficient (Wildman–Crippen LogP) is 1.83. The van der Waals surface area contributed by atoms with Gasteiger partial charge in [-0.1, -0.05) is 13.8 Å². The highest BCUT2D eigenvalue weighted by Crippen LogP contribution is 2.17. The molecular weight excluding hydrogens is 222 g/mol. The van der Waals surface area contributed by atoms with E-state index in [-0.39, 0.29) is 17.1 Å². The first kappa shape index (κ1) is 13.8. The Morgan fingerprint density at radius 2 is 2.25 bits per heavy atom. The summed E-state index contributed by atoms with van der Waals surface area (Å²) in [5.74, 6) is 0.903. The van der Waals surface area contributed by atoms with Crippen molar-refractivity contribution in [2.24, 2.45) is 11.8 Å². The Hall–Kier alpha value is -0.220. The molecule has 4 heteroatoms. The first-order valence-corrected chi connectivity index (χ1v) is 6.54. The molecule has 0 N–H and O–H groups in total. The van der Waals surface area contributed by atoms with Crippen LogP contribution in [0.1, 0.15) is 26.7 Å². The maximum atomic E-state index is 12.0. The Labute approximate surface area is 104 Å².